The molecule has 0 bridgehead atoms. The minimum absolute atomic E-state index is 0.149. The van der Waals surface area contributed by atoms with Crippen LogP contribution in [0.1, 0.15) is 45.6 Å². The molecule has 7 nitrogen and oxygen atoms in total. The third kappa shape index (κ3) is 5.44. The average Bonchev–Trinajstić information content (AvgIpc) is 3.01. The molecule has 2 rings (SSSR count). The van der Waals surface area contributed by atoms with Gasteiger partial charge in [0.1, 0.15) is 17.1 Å². The molecule has 0 aliphatic carbocycles. The molecule has 144 valence electrons. The van der Waals surface area contributed by atoms with Gasteiger partial charge in [-0.3, -0.25) is 9.59 Å². The van der Waals surface area contributed by atoms with Crippen molar-refractivity contribution in [3.8, 4) is 0 Å². The van der Waals surface area contributed by atoms with E-state index in [9.17, 15) is 14.4 Å². The Hall–Kier alpha value is -3.09. The van der Waals surface area contributed by atoms with Crippen LogP contribution >= 0.6 is 0 Å². The second-order valence-electron chi connectivity index (χ2n) is 6.37. The van der Waals surface area contributed by atoms with E-state index in [1.54, 1.807) is 51.2 Å². The highest BCUT2D eigenvalue weighted by molar-refractivity contribution is 5.94. The van der Waals surface area contributed by atoms with Crippen molar-refractivity contribution in [2.24, 2.45) is 0 Å². The van der Waals surface area contributed by atoms with Gasteiger partial charge in [-0.25, -0.2) is 4.79 Å². The third-order valence-electron chi connectivity index (χ3n) is 4.09. The zero-order valence-corrected chi connectivity index (χ0v) is 15.9. The number of hydrogen-bond donors (Lipinski definition) is 1. The number of benzene rings is 1. The van der Waals surface area contributed by atoms with Gasteiger partial charge in [0.25, 0.3) is 5.91 Å². The van der Waals surface area contributed by atoms with E-state index < -0.39 is 5.97 Å². The molecule has 0 aliphatic rings. The van der Waals surface area contributed by atoms with Crippen LogP contribution < -0.4 is 5.32 Å². The summed E-state index contributed by atoms with van der Waals surface area (Å²) in [5.74, 6) is 0.0899. The Morgan fingerprint density at radius 1 is 1.22 bits per heavy atom. The molecule has 0 fully saturated rings. The van der Waals surface area contributed by atoms with Gasteiger partial charge in [0.2, 0.25) is 5.91 Å². The second kappa shape index (κ2) is 9.02. The van der Waals surface area contributed by atoms with Crippen molar-refractivity contribution in [3.63, 3.8) is 0 Å². The first kappa shape index (κ1) is 20.2. The number of rotatable bonds is 7. The van der Waals surface area contributed by atoms with Gasteiger partial charge < -0.3 is 19.4 Å². The van der Waals surface area contributed by atoms with Crippen molar-refractivity contribution < 1.29 is 23.5 Å². The van der Waals surface area contributed by atoms with E-state index in [1.807, 2.05) is 6.07 Å². The van der Waals surface area contributed by atoms with Crippen molar-refractivity contribution in [2.75, 3.05) is 14.2 Å². The summed E-state index contributed by atoms with van der Waals surface area (Å²) < 4.78 is 10.2. The standard InChI is InChI=1S/C20H24N2O5/c1-13(21-19(24)15-8-6-5-7-9-15)10-18(23)22(3)12-16-11-17(14(2)27-16)20(25)26-4/h5-9,11,13H,10,12H2,1-4H3,(H,21,24). The Labute approximate surface area is 158 Å². The van der Waals surface area contributed by atoms with Crippen molar-refractivity contribution >= 4 is 17.8 Å². The lowest BCUT2D eigenvalue weighted by atomic mass is 10.1. The number of hydrogen-bond acceptors (Lipinski definition) is 5. The maximum absolute atomic E-state index is 12.4. The predicted molar refractivity (Wildman–Crippen MR) is 99.2 cm³/mol. The molecule has 1 aromatic carbocycles. The molecule has 0 spiro atoms. The molecule has 1 unspecified atom stereocenters. The molecule has 2 aromatic rings. The number of methoxy groups -OCH3 is 1. The van der Waals surface area contributed by atoms with Gasteiger partial charge in [0.05, 0.1) is 13.7 Å². The highest BCUT2D eigenvalue weighted by Crippen LogP contribution is 2.17. The van der Waals surface area contributed by atoms with Gasteiger partial charge in [-0.2, -0.15) is 0 Å². The summed E-state index contributed by atoms with van der Waals surface area (Å²) in [7, 11) is 2.94. The summed E-state index contributed by atoms with van der Waals surface area (Å²) in [5.41, 5.74) is 0.892. The van der Waals surface area contributed by atoms with Crippen molar-refractivity contribution in [1.29, 1.82) is 0 Å². The zero-order chi connectivity index (χ0) is 20.0. The molecular weight excluding hydrogens is 348 g/mol. The van der Waals surface area contributed by atoms with E-state index in [0.29, 0.717) is 22.6 Å². The topological polar surface area (TPSA) is 88.9 Å². The Bertz CT molecular complexity index is 813. The zero-order valence-electron chi connectivity index (χ0n) is 15.9. The minimum Gasteiger partial charge on any atom is -0.465 e. The van der Waals surface area contributed by atoms with Crippen LogP contribution in [0.4, 0.5) is 0 Å². The van der Waals surface area contributed by atoms with Crippen molar-refractivity contribution in [3.05, 3.63) is 59.0 Å². The molecular formula is C20H24N2O5. The molecule has 0 aliphatic heterocycles. The quantitative estimate of drug-likeness (QED) is 0.755. The number of carbonyl (C=O) groups is 3. The van der Waals surface area contributed by atoms with E-state index >= 15 is 0 Å². The highest BCUT2D eigenvalue weighted by atomic mass is 16.5. The van der Waals surface area contributed by atoms with Crippen molar-refractivity contribution in [2.45, 2.75) is 32.9 Å². The van der Waals surface area contributed by atoms with Crippen LogP contribution in [0.25, 0.3) is 0 Å². The largest absolute Gasteiger partial charge is 0.465 e. The first-order valence-electron chi connectivity index (χ1n) is 8.59. The van der Waals surface area contributed by atoms with Crippen LogP contribution in [0.15, 0.2) is 40.8 Å². The number of carbonyl (C=O) groups excluding carboxylic acids is 3. The predicted octanol–water partition coefficient (Wildman–Crippen LogP) is 2.54. The van der Waals surface area contributed by atoms with Gasteiger partial charge in [-0.15, -0.1) is 0 Å². The third-order valence-corrected chi connectivity index (χ3v) is 4.09. The van der Waals surface area contributed by atoms with Crippen LogP contribution in [0.5, 0.6) is 0 Å². The number of amides is 2. The minimum atomic E-state index is -0.478. The fourth-order valence-electron chi connectivity index (χ4n) is 2.62. The Morgan fingerprint density at radius 3 is 2.52 bits per heavy atom. The summed E-state index contributed by atoms with van der Waals surface area (Å²) in [5, 5.41) is 2.81. The Morgan fingerprint density at radius 2 is 1.89 bits per heavy atom. The molecule has 2 amide bonds. The number of aryl methyl sites for hydroxylation is 1. The van der Waals surface area contributed by atoms with Gasteiger partial charge in [0, 0.05) is 25.1 Å². The maximum atomic E-state index is 12.4. The molecule has 1 aromatic heterocycles. The van der Waals surface area contributed by atoms with Crippen LogP contribution in [0, 0.1) is 6.92 Å². The number of nitrogens with zero attached hydrogens (tertiary/aromatic N) is 1. The molecule has 0 radical (unpaired) electrons. The average molecular weight is 372 g/mol. The summed E-state index contributed by atoms with van der Waals surface area (Å²) in [6, 6.07) is 10.1. The van der Waals surface area contributed by atoms with Crippen LogP contribution in [0.2, 0.25) is 0 Å². The molecule has 1 heterocycles. The number of furan rings is 1. The fraction of sp³-hybridized carbons (Fsp3) is 0.350. The molecule has 0 saturated heterocycles. The van der Waals surface area contributed by atoms with Gasteiger partial charge in [-0.05, 0) is 32.0 Å². The summed E-state index contributed by atoms with van der Waals surface area (Å²) in [6.45, 7) is 3.66. The number of esters is 1. The molecule has 27 heavy (non-hydrogen) atoms. The first-order chi connectivity index (χ1) is 12.8. The summed E-state index contributed by atoms with van der Waals surface area (Å²) in [6.07, 6.45) is 0.151. The maximum Gasteiger partial charge on any atom is 0.341 e. The molecule has 7 heteroatoms. The van der Waals surface area contributed by atoms with Gasteiger partial charge in [-0.1, -0.05) is 18.2 Å². The monoisotopic (exact) mass is 372 g/mol. The van der Waals surface area contributed by atoms with Crippen molar-refractivity contribution in [1.82, 2.24) is 10.2 Å². The SMILES string of the molecule is COC(=O)c1cc(CN(C)C(=O)CC(C)NC(=O)c2ccccc2)oc1C. The van der Waals surface area contributed by atoms with Crippen LogP contribution in [-0.4, -0.2) is 42.9 Å². The lowest BCUT2D eigenvalue weighted by Crippen LogP contribution is -2.37. The fourth-order valence-corrected chi connectivity index (χ4v) is 2.62. The number of ether oxygens (including phenoxy) is 1. The van der Waals surface area contributed by atoms with Gasteiger partial charge >= 0.3 is 5.97 Å². The summed E-state index contributed by atoms with van der Waals surface area (Å²) in [4.78, 5) is 37.7. The van der Waals surface area contributed by atoms with E-state index in [-0.39, 0.29) is 30.8 Å². The van der Waals surface area contributed by atoms with E-state index in [0.717, 1.165) is 0 Å². The second-order valence-corrected chi connectivity index (χ2v) is 6.37. The Kier molecular flexibility index (Phi) is 6.76. The smallest absolute Gasteiger partial charge is 0.341 e. The normalized spacial score (nSPS) is 11.6. The van der Waals surface area contributed by atoms with Gasteiger partial charge in [0.15, 0.2) is 0 Å². The van der Waals surface area contributed by atoms with E-state index in [1.165, 1.54) is 12.0 Å². The van der Waals surface area contributed by atoms with E-state index in [2.05, 4.69) is 10.1 Å². The molecule has 1 N–H and O–H groups in total. The summed E-state index contributed by atoms with van der Waals surface area (Å²) >= 11 is 0. The van der Waals surface area contributed by atoms with Crippen LogP contribution in [0.3, 0.4) is 0 Å². The lowest BCUT2D eigenvalue weighted by molar-refractivity contribution is -0.131. The lowest BCUT2D eigenvalue weighted by Gasteiger charge is -2.19. The molecule has 1 atom stereocenters. The van der Waals surface area contributed by atoms with Crippen LogP contribution in [-0.2, 0) is 16.1 Å². The first-order valence-corrected chi connectivity index (χ1v) is 8.59. The molecule has 0 saturated carbocycles. The van der Waals surface area contributed by atoms with E-state index in [4.69, 9.17) is 4.42 Å². The number of nitrogens with one attached hydrogen (secondary N) is 1. The Balaban J connectivity index is 1.89. The highest BCUT2D eigenvalue weighted by Gasteiger charge is 2.20.